The highest BCUT2D eigenvalue weighted by Gasteiger charge is 2.33. The van der Waals surface area contributed by atoms with Gasteiger partial charge in [-0.25, -0.2) is 4.79 Å². The second-order valence-electron chi connectivity index (χ2n) is 7.90. The van der Waals surface area contributed by atoms with Crippen LogP contribution in [-0.2, 0) is 17.9 Å². The third kappa shape index (κ3) is 5.48. The third-order valence-corrected chi connectivity index (χ3v) is 5.88. The molecule has 1 aliphatic rings. The van der Waals surface area contributed by atoms with Crippen molar-refractivity contribution in [2.24, 2.45) is 0 Å². The molecule has 0 atom stereocenters. The van der Waals surface area contributed by atoms with Gasteiger partial charge in [0.25, 0.3) is 5.91 Å². The maximum Gasteiger partial charge on any atom is 0.329 e. The minimum Gasteiger partial charge on any atom is -0.490 e. The Morgan fingerprint density at radius 2 is 1.71 bits per heavy atom. The minimum absolute atomic E-state index is 0.211. The monoisotopic (exact) mass is 520 g/mol. The molecule has 3 aromatic carbocycles. The van der Waals surface area contributed by atoms with E-state index in [9.17, 15) is 9.59 Å². The van der Waals surface area contributed by atoms with Crippen LogP contribution in [0.15, 0.2) is 76.9 Å². The quantitative estimate of drug-likeness (QED) is 0.299. The molecule has 0 unspecified atom stereocenters. The topological polar surface area (TPSA) is 67.9 Å². The average molecular weight is 521 g/mol. The highest BCUT2D eigenvalue weighted by atomic mass is 79.9. The summed E-state index contributed by atoms with van der Waals surface area (Å²) in [5, 5.41) is 2.67. The second kappa shape index (κ2) is 10.6. The Morgan fingerprint density at radius 3 is 2.41 bits per heavy atom. The molecule has 0 saturated carbocycles. The lowest BCUT2D eigenvalue weighted by Gasteiger charge is -2.15. The minimum atomic E-state index is -0.442. The van der Waals surface area contributed by atoms with Crippen LogP contribution in [0, 0.1) is 6.92 Å². The fourth-order valence-electron chi connectivity index (χ4n) is 3.56. The van der Waals surface area contributed by atoms with Crippen LogP contribution in [0.2, 0.25) is 0 Å². The van der Waals surface area contributed by atoms with Gasteiger partial charge in [-0.2, -0.15) is 0 Å². The van der Waals surface area contributed by atoms with Gasteiger partial charge in [-0.3, -0.25) is 9.69 Å². The molecule has 3 amide bonds. The molecule has 3 aromatic rings. The van der Waals surface area contributed by atoms with Crippen LogP contribution in [0.4, 0.5) is 4.79 Å². The fourth-order valence-corrected chi connectivity index (χ4v) is 4.14. The van der Waals surface area contributed by atoms with Gasteiger partial charge in [-0.1, -0.05) is 60.2 Å². The first-order chi connectivity index (χ1) is 16.4. The predicted octanol–water partition coefficient (Wildman–Crippen LogP) is 5.83. The second-order valence-corrected chi connectivity index (χ2v) is 8.76. The fraction of sp³-hybridized carbons (Fsp3) is 0.185. The summed E-state index contributed by atoms with van der Waals surface area (Å²) >= 11 is 3.57. The Kier molecular flexibility index (Phi) is 7.33. The van der Waals surface area contributed by atoms with Gasteiger partial charge in [-0.05, 0) is 64.7 Å². The molecule has 1 heterocycles. The Bertz CT molecular complexity index is 1220. The molecule has 0 aromatic heterocycles. The molecule has 1 saturated heterocycles. The van der Waals surface area contributed by atoms with E-state index in [-0.39, 0.29) is 18.1 Å². The third-order valence-electron chi connectivity index (χ3n) is 5.29. The SMILES string of the molecule is CCOc1cc(/C=C2/NC(=O)N(Cc3ccccc3)C2=O)cc(Br)c1OCc1ccc(C)cc1. The van der Waals surface area contributed by atoms with Gasteiger partial charge >= 0.3 is 6.03 Å². The van der Waals surface area contributed by atoms with Crippen molar-refractivity contribution in [2.45, 2.75) is 27.0 Å². The zero-order valence-corrected chi connectivity index (χ0v) is 20.6. The molecule has 0 bridgehead atoms. The first-order valence-corrected chi connectivity index (χ1v) is 11.8. The van der Waals surface area contributed by atoms with E-state index in [2.05, 4.69) is 21.2 Å². The number of hydrogen-bond acceptors (Lipinski definition) is 4. The average Bonchev–Trinajstić information content (AvgIpc) is 3.08. The Labute approximate surface area is 207 Å². The number of carbonyl (C=O) groups is 2. The van der Waals surface area contributed by atoms with Crippen LogP contribution in [0.3, 0.4) is 0 Å². The van der Waals surface area contributed by atoms with E-state index in [1.54, 1.807) is 12.1 Å². The maximum absolute atomic E-state index is 12.9. The summed E-state index contributed by atoms with van der Waals surface area (Å²) in [6.45, 7) is 4.99. The summed E-state index contributed by atoms with van der Waals surface area (Å²) in [5.74, 6) is 0.758. The van der Waals surface area contributed by atoms with Crippen molar-refractivity contribution in [1.82, 2.24) is 10.2 Å². The van der Waals surface area contributed by atoms with Crippen molar-refractivity contribution in [3.63, 3.8) is 0 Å². The van der Waals surface area contributed by atoms with Crippen LogP contribution in [0.5, 0.6) is 11.5 Å². The van der Waals surface area contributed by atoms with Crippen LogP contribution in [-0.4, -0.2) is 23.4 Å². The molecule has 0 aliphatic carbocycles. The lowest BCUT2D eigenvalue weighted by molar-refractivity contribution is -0.123. The highest BCUT2D eigenvalue weighted by Crippen LogP contribution is 2.38. The lowest BCUT2D eigenvalue weighted by atomic mass is 10.1. The normalized spacial score (nSPS) is 14.4. The van der Waals surface area contributed by atoms with Crippen LogP contribution in [0.25, 0.3) is 6.08 Å². The number of hydrogen-bond donors (Lipinski definition) is 1. The largest absolute Gasteiger partial charge is 0.490 e. The van der Waals surface area contributed by atoms with E-state index in [0.29, 0.717) is 34.7 Å². The van der Waals surface area contributed by atoms with Crippen LogP contribution < -0.4 is 14.8 Å². The molecule has 6 nitrogen and oxygen atoms in total. The molecule has 0 radical (unpaired) electrons. The summed E-state index contributed by atoms with van der Waals surface area (Å²) in [5.41, 5.74) is 4.02. The van der Waals surface area contributed by atoms with Gasteiger partial charge in [0.2, 0.25) is 0 Å². The van der Waals surface area contributed by atoms with Crippen LogP contribution in [0.1, 0.15) is 29.2 Å². The molecular formula is C27H25BrN2O4. The number of halogens is 1. The molecule has 174 valence electrons. The number of nitrogens with one attached hydrogen (secondary N) is 1. The van der Waals surface area contributed by atoms with Gasteiger partial charge in [0.1, 0.15) is 12.3 Å². The molecule has 1 aliphatic heterocycles. The standard InChI is InChI=1S/C27H25BrN2O4/c1-3-33-24-15-21(13-22(28)25(24)34-17-20-11-9-18(2)10-12-20)14-23-26(31)30(27(32)29-23)16-19-7-5-4-6-8-19/h4-15H,3,16-17H2,1-2H3,(H,29,32)/b23-14+. The van der Waals surface area contributed by atoms with Crippen molar-refractivity contribution >= 4 is 33.9 Å². The molecule has 0 spiro atoms. The summed E-state index contributed by atoms with van der Waals surface area (Å²) in [4.78, 5) is 26.5. The summed E-state index contributed by atoms with van der Waals surface area (Å²) in [6, 6.07) is 20.7. The Morgan fingerprint density at radius 1 is 0.971 bits per heavy atom. The van der Waals surface area contributed by atoms with Crippen molar-refractivity contribution in [1.29, 1.82) is 0 Å². The van der Waals surface area contributed by atoms with Gasteiger partial charge in [0.05, 0.1) is 17.6 Å². The van der Waals surface area contributed by atoms with E-state index in [4.69, 9.17) is 9.47 Å². The molecule has 1 N–H and O–H groups in total. The zero-order chi connectivity index (χ0) is 24.1. The van der Waals surface area contributed by atoms with E-state index in [1.165, 1.54) is 10.5 Å². The first kappa shape index (κ1) is 23.6. The molecule has 1 fully saturated rings. The number of benzene rings is 3. The summed E-state index contributed by atoms with van der Waals surface area (Å²) < 4.78 is 12.6. The highest BCUT2D eigenvalue weighted by molar-refractivity contribution is 9.10. The number of urea groups is 1. The van der Waals surface area contributed by atoms with Crippen molar-refractivity contribution in [2.75, 3.05) is 6.61 Å². The number of aryl methyl sites for hydroxylation is 1. The van der Waals surface area contributed by atoms with Crippen LogP contribution >= 0.6 is 15.9 Å². The van der Waals surface area contributed by atoms with E-state index >= 15 is 0 Å². The van der Waals surface area contributed by atoms with Crippen molar-refractivity contribution in [3.05, 3.63) is 99.2 Å². The number of rotatable bonds is 8. The molecule has 7 heteroatoms. The smallest absolute Gasteiger partial charge is 0.329 e. The zero-order valence-electron chi connectivity index (χ0n) is 19.0. The Balaban J connectivity index is 1.55. The number of amides is 3. The molecule has 34 heavy (non-hydrogen) atoms. The van der Waals surface area contributed by atoms with Gasteiger partial charge in [-0.15, -0.1) is 0 Å². The summed E-state index contributed by atoms with van der Waals surface area (Å²) in [6.07, 6.45) is 1.64. The van der Waals surface area contributed by atoms with Gasteiger partial charge in [0.15, 0.2) is 11.5 Å². The van der Waals surface area contributed by atoms with E-state index in [0.717, 1.165) is 11.1 Å². The number of nitrogens with zero attached hydrogens (tertiary/aromatic N) is 1. The first-order valence-electron chi connectivity index (χ1n) is 11.0. The molecule has 4 rings (SSSR count). The van der Waals surface area contributed by atoms with E-state index < -0.39 is 6.03 Å². The molecular weight excluding hydrogens is 496 g/mol. The number of ether oxygens (including phenoxy) is 2. The Hall–Kier alpha value is -3.58. The summed E-state index contributed by atoms with van der Waals surface area (Å²) in [7, 11) is 0. The maximum atomic E-state index is 12.9. The van der Waals surface area contributed by atoms with E-state index in [1.807, 2.05) is 74.5 Å². The number of imide groups is 1. The van der Waals surface area contributed by atoms with Gasteiger partial charge < -0.3 is 14.8 Å². The van der Waals surface area contributed by atoms with Gasteiger partial charge in [0, 0.05) is 0 Å². The number of carbonyl (C=O) groups excluding carboxylic acids is 2. The predicted molar refractivity (Wildman–Crippen MR) is 134 cm³/mol. The van der Waals surface area contributed by atoms with Crippen molar-refractivity contribution < 1.29 is 19.1 Å². The van der Waals surface area contributed by atoms with Crippen molar-refractivity contribution in [3.8, 4) is 11.5 Å². The lowest BCUT2D eigenvalue weighted by Crippen LogP contribution is -2.30.